The molecule has 0 radical (unpaired) electrons. The van der Waals surface area contributed by atoms with Gasteiger partial charge in [0.05, 0.1) is 5.75 Å². The van der Waals surface area contributed by atoms with E-state index in [1.807, 2.05) is 18.2 Å². The monoisotopic (exact) mass is 278 g/mol. The molecule has 0 unspecified atom stereocenters. The van der Waals surface area contributed by atoms with Crippen LogP contribution in [-0.2, 0) is 0 Å². The number of hydrogen-bond acceptors (Lipinski definition) is 2. The van der Waals surface area contributed by atoms with Gasteiger partial charge in [-0.25, -0.2) is 0 Å². The minimum atomic E-state index is -0.00386. The van der Waals surface area contributed by atoms with Crippen LogP contribution >= 0.6 is 24.2 Å². The van der Waals surface area contributed by atoms with Crippen LogP contribution in [0, 0.1) is 6.92 Å². The Morgan fingerprint density at radius 3 is 2.22 bits per heavy atom. The first kappa shape index (κ1) is 14.8. The van der Waals surface area contributed by atoms with Crippen molar-refractivity contribution >= 4 is 30.0 Å². The van der Waals surface area contributed by atoms with E-state index in [0.717, 1.165) is 0 Å². The molecule has 0 spiro atoms. The van der Waals surface area contributed by atoms with Crippen LogP contribution in [0.4, 0.5) is 0 Å². The van der Waals surface area contributed by atoms with Gasteiger partial charge in [-0.1, -0.05) is 59.6 Å². The lowest BCUT2D eigenvalue weighted by molar-refractivity contribution is 0.102. The Labute approximate surface area is 118 Å². The highest BCUT2D eigenvalue weighted by molar-refractivity contribution is 7.81. The lowest BCUT2D eigenvalue weighted by atomic mass is 10.1. The normalized spacial score (nSPS) is 9.28. The number of ketones is 1. The molecule has 0 aliphatic heterocycles. The summed E-state index contributed by atoms with van der Waals surface area (Å²) in [5.41, 5.74) is 1.94. The second-order valence-corrected chi connectivity index (χ2v) is 4.50. The summed E-state index contributed by atoms with van der Waals surface area (Å²) in [5.74, 6) is 0.219. The molecule has 0 N–H and O–H groups in total. The Morgan fingerprint density at radius 2 is 1.78 bits per heavy atom. The summed E-state index contributed by atoms with van der Waals surface area (Å²) in [4.78, 5) is 11.0. The first-order chi connectivity index (χ1) is 8.63. The predicted molar refractivity (Wildman–Crippen MR) is 80.8 cm³/mol. The van der Waals surface area contributed by atoms with Crippen LogP contribution in [0.25, 0.3) is 0 Å². The summed E-state index contributed by atoms with van der Waals surface area (Å²) in [6.07, 6.45) is 0. The molecule has 2 rings (SSSR count). The summed E-state index contributed by atoms with van der Waals surface area (Å²) in [5, 5.41) is 0.581. The van der Waals surface area contributed by atoms with Crippen LogP contribution in [-0.4, -0.2) is 11.5 Å². The second-order valence-electron chi connectivity index (χ2n) is 3.75. The fraction of sp³-hybridized carbons (Fsp3) is 0.133. The van der Waals surface area contributed by atoms with E-state index in [4.69, 9.17) is 11.6 Å². The van der Waals surface area contributed by atoms with Crippen molar-refractivity contribution in [1.29, 1.82) is 0 Å². The largest absolute Gasteiger partial charge is 0.293 e. The van der Waals surface area contributed by atoms with Gasteiger partial charge in [-0.2, -0.15) is 12.6 Å². The third-order valence-corrected chi connectivity index (χ3v) is 2.75. The van der Waals surface area contributed by atoms with Gasteiger partial charge in [-0.15, -0.1) is 0 Å². The number of carbonyl (C=O) groups is 1. The zero-order chi connectivity index (χ0) is 13.4. The molecule has 0 saturated heterocycles. The maximum atomic E-state index is 11.0. The summed E-state index contributed by atoms with van der Waals surface area (Å²) < 4.78 is 0. The number of halogens is 1. The average molecular weight is 279 g/mol. The summed E-state index contributed by atoms with van der Waals surface area (Å²) in [6, 6.07) is 17.1. The first-order valence-corrected chi connectivity index (χ1v) is 6.56. The lowest BCUT2D eigenvalue weighted by Crippen LogP contribution is -1.99. The standard InChI is InChI=1S/C8H7ClOS.C7H8/c9-7-3-1-2-6(4-7)8(10)5-11;1-7-5-3-2-4-6-7/h1-4,11H,5H2;2-6H,1H3. The Balaban J connectivity index is 0.000000199. The number of benzene rings is 2. The molecule has 0 aliphatic carbocycles. The molecule has 0 saturated carbocycles. The highest BCUT2D eigenvalue weighted by Gasteiger charge is 2.01. The number of aryl methyl sites for hydroxylation is 1. The molecule has 94 valence electrons. The quantitative estimate of drug-likeness (QED) is 0.634. The second kappa shape index (κ2) is 7.96. The number of thiol groups is 1. The molecule has 0 aliphatic rings. The Kier molecular flexibility index (Phi) is 6.55. The summed E-state index contributed by atoms with van der Waals surface area (Å²) >= 11 is 9.54. The van der Waals surface area contributed by atoms with Gasteiger partial charge in [0, 0.05) is 10.6 Å². The van der Waals surface area contributed by atoms with E-state index in [9.17, 15) is 4.79 Å². The summed E-state index contributed by atoms with van der Waals surface area (Å²) in [7, 11) is 0. The molecule has 0 atom stereocenters. The molecule has 3 heteroatoms. The molecule has 0 amide bonds. The topological polar surface area (TPSA) is 17.1 Å². The van der Waals surface area contributed by atoms with Gasteiger partial charge in [0.25, 0.3) is 0 Å². The maximum Gasteiger partial charge on any atom is 0.172 e. The Morgan fingerprint density at radius 1 is 1.11 bits per heavy atom. The van der Waals surface area contributed by atoms with E-state index in [0.29, 0.717) is 10.6 Å². The van der Waals surface area contributed by atoms with Crippen LogP contribution in [0.15, 0.2) is 54.6 Å². The van der Waals surface area contributed by atoms with Gasteiger partial charge in [-0.3, -0.25) is 4.79 Å². The lowest BCUT2D eigenvalue weighted by Gasteiger charge is -1.96. The van der Waals surface area contributed by atoms with Crippen LogP contribution in [0.1, 0.15) is 15.9 Å². The van der Waals surface area contributed by atoms with Gasteiger partial charge < -0.3 is 0 Å². The van der Waals surface area contributed by atoms with Crippen molar-refractivity contribution in [3.8, 4) is 0 Å². The van der Waals surface area contributed by atoms with Gasteiger partial charge >= 0.3 is 0 Å². The molecule has 2 aromatic rings. The van der Waals surface area contributed by atoms with E-state index in [2.05, 4.69) is 31.7 Å². The molecule has 0 heterocycles. The maximum absolute atomic E-state index is 11.0. The highest BCUT2D eigenvalue weighted by atomic mass is 35.5. The van der Waals surface area contributed by atoms with E-state index in [1.54, 1.807) is 24.3 Å². The molecule has 0 fully saturated rings. The highest BCUT2D eigenvalue weighted by Crippen LogP contribution is 2.11. The average Bonchev–Trinajstić information content (AvgIpc) is 2.39. The van der Waals surface area contributed by atoms with Crippen LogP contribution in [0.5, 0.6) is 0 Å². The van der Waals surface area contributed by atoms with Crippen molar-refractivity contribution in [2.75, 3.05) is 5.75 Å². The van der Waals surface area contributed by atoms with Crippen molar-refractivity contribution < 1.29 is 4.79 Å². The van der Waals surface area contributed by atoms with Gasteiger partial charge in [0.15, 0.2) is 5.78 Å². The molecular weight excluding hydrogens is 264 g/mol. The van der Waals surface area contributed by atoms with E-state index >= 15 is 0 Å². The number of carbonyl (C=O) groups excluding carboxylic acids is 1. The zero-order valence-electron chi connectivity index (χ0n) is 10.1. The fourth-order valence-electron chi connectivity index (χ4n) is 1.29. The molecule has 18 heavy (non-hydrogen) atoms. The number of Topliss-reactive ketones (excluding diaryl/α,β-unsaturated/α-hetero) is 1. The number of hydrogen-bond donors (Lipinski definition) is 1. The van der Waals surface area contributed by atoms with Crippen LogP contribution in [0.2, 0.25) is 5.02 Å². The molecule has 2 aromatic carbocycles. The van der Waals surface area contributed by atoms with Crippen molar-refractivity contribution in [2.45, 2.75) is 6.92 Å². The molecule has 0 aromatic heterocycles. The van der Waals surface area contributed by atoms with Crippen molar-refractivity contribution in [1.82, 2.24) is 0 Å². The van der Waals surface area contributed by atoms with Gasteiger partial charge in [-0.05, 0) is 19.1 Å². The zero-order valence-corrected chi connectivity index (χ0v) is 11.8. The molecular formula is C15H15ClOS. The van der Waals surface area contributed by atoms with Crippen LogP contribution in [0.3, 0.4) is 0 Å². The van der Waals surface area contributed by atoms with Gasteiger partial charge in [0.2, 0.25) is 0 Å². The van der Waals surface area contributed by atoms with Crippen molar-refractivity contribution in [3.05, 3.63) is 70.7 Å². The van der Waals surface area contributed by atoms with E-state index in [1.165, 1.54) is 5.56 Å². The van der Waals surface area contributed by atoms with E-state index < -0.39 is 0 Å². The third kappa shape index (κ3) is 5.39. The van der Waals surface area contributed by atoms with Crippen molar-refractivity contribution in [3.63, 3.8) is 0 Å². The Bertz CT molecular complexity index is 497. The first-order valence-electron chi connectivity index (χ1n) is 5.54. The smallest absolute Gasteiger partial charge is 0.172 e. The van der Waals surface area contributed by atoms with E-state index in [-0.39, 0.29) is 11.5 Å². The Hall–Kier alpha value is -1.25. The summed E-state index contributed by atoms with van der Waals surface area (Å²) in [6.45, 7) is 2.08. The van der Waals surface area contributed by atoms with Crippen molar-refractivity contribution in [2.24, 2.45) is 0 Å². The minimum Gasteiger partial charge on any atom is -0.293 e. The fourth-order valence-corrected chi connectivity index (χ4v) is 1.66. The molecule has 0 bridgehead atoms. The minimum absolute atomic E-state index is 0.00386. The van der Waals surface area contributed by atoms with Crippen LogP contribution < -0.4 is 0 Å². The number of rotatable bonds is 2. The van der Waals surface area contributed by atoms with Gasteiger partial charge in [0.1, 0.15) is 0 Å². The molecule has 1 nitrogen and oxygen atoms in total. The SMILES string of the molecule is Cc1ccccc1.O=C(CS)c1cccc(Cl)c1. The third-order valence-electron chi connectivity index (χ3n) is 2.23. The predicted octanol–water partition coefficient (Wildman–Crippen LogP) is 4.45.